The van der Waals surface area contributed by atoms with Gasteiger partial charge < -0.3 is 19.7 Å². The highest BCUT2D eigenvalue weighted by Crippen LogP contribution is 2.31. The van der Waals surface area contributed by atoms with Gasteiger partial charge in [-0.3, -0.25) is 0 Å². The SMILES string of the molecule is CN(CC1COc2ccccc2O1)C(=O)Nc1ccccc1-n1cccn1. The van der Waals surface area contributed by atoms with E-state index < -0.39 is 0 Å². The molecule has 1 aliphatic heterocycles. The Morgan fingerprint density at radius 1 is 1.19 bits per heavy atom. The van der Waals surface area contributed by atoms with Crippen LogP contribution in [0, 0.1) is 0 Å². The van der Waals surface area contributed by atoms with Crippen LogP contribution in [0.5, 0.6) is 11.5 Å². The number of nitrogens with zero attached hydrogens (tertiary/aromatic N) is 3. The van der Waals surface area contributed by atoms with E-state index >= 15 is 0 Å². The first-order chi connectivity index (χ1) is 13.2. The van der Waals surface area contributed by atoms with Crippen molar-refractivity contribution in [2.45, 2.75) is 6.10 Å². The van der Waals surface area contributed by atoms with E-state index in [9.17, 15) is 4.79 Å². The van der Waals surface area contributed by atoms with Crippen molar-refractivity contribution in [2.75, 3.05) is 25.5 Å². The van der Waals surface area contributed by atoms with Crippen LogP contribution in [-0.4, -0.2) is 47.0 Å². The first-order valence-electron chi connectivity index (χ1n) is 8.70. The molecule has 7 heteroatoms. The van der Waals surface area contributed by atoms with Crippen molar-refractivity contribution in [2.24, 2.45) is 0 Å². The van der Waals surface area contributed by atoms with Gasteiger partial charge in [0.25, 0.3) is 0 Å². The zero-order valence-corrected chi connectivity index (χ0v) is 14.9. The molecule has 2 aromatic carbocycles. The summed E-state index contributed by atoms with van der Waals surface area (Å²) in [4.78, 5) is 14.2. The second-order valence-corrected chi connectivity index (χ2v) is 6.28. The van der Waals surface area contributed by atoms with E-state index in [1.807, 2.05) is 60.8 Å². The molecule has 2 heterocycles. The molecular formula is C20H20N4O3. The zero-order chi connectivity index (χ0) is 18.6. The minimum absolute atomic E-state index is 0.225. The Morgan fingerprint density at radius 3 is 2.78 bits per heavy atom. The Bertz CT molecular complexity index is 926. The Morgan fingerprint density at radius 2 is 1.96 bits per heavy atom. The van der Waals surface area contributed by atoms with Gasteiger partial charge in [0.15, 0.2) is 17.6 Å². The number of carbonyl (C=O) groups is 1. The lowest BCUT2D eigenvalue weighted by Crippen LogP contribution is -2.43. The summed E-state index contributed by atoms with van der Waals surface area (Å²) in [6.45, 7) is 0.808. The Balaban J connectivity index is 1.41. The summed E-state index contributed by atoms with van der Waals surface area (Å²) < 4.78 is 13.3. The third-order valence-corrected chi connectivity index (χ3v) is 4.29. The molecule has 2 amide bonds. The molecule has 3 aromatic rings. The number of anilines is 1. The second kappa shape index (κ2) is 7.41. The smallest absolute Gasteiger partial charge is 0.321 e. The van der Waals surface area contributed by atoms with Crippen LogP contribution in [0.25, 0.3) is 5.69 Å². The van der Waals surface area contributed by atoms with Crippen molar-refractivity contribution in [3.8, 4) is 17.2 Å². The van der Waals surface area contributed by atoms with Crippen molar-refractivity contribution in [1.82, 2.24) is 14.7 Å². The zero-order valence-electron chi connectivity index (χ0n) is 14.9. The van der Waals surface area contributed by atoms with Gasteiger partial charge >= 0.3 is 6.03 Å². The van der Waals surface area contributed by atoms with Crippen molar-refractivity contribution >= 4 is 11.7 Å². The fourth-order valence-corrected chi connectivity index (χ4v) is 2.94. The maximum Gasteiger partial charge on any atom is 0.321 e. The molecule has 1 unspecified atom stereocenters. The molecule has 0 spiro atoms. The number of hydrogen-bond acceptors (Lipinski definition) is 4. The van der Waals surface area contributed by atoms with Crippen molar-refractivity contribution in [3.05, 3.63) is 67.0 Å². The molecule has 0 aliphatic carbocycles. The van der Waals surface area contributed by atoms with Crippen molar-refractivity contribution < 1.29 is 14.3 Å². The number of likely N-dealkylation sites (N-methyl/N-ethyl adjacent to an activating group) is 1. The van der Waals surface area contributed by atoms with E-state index in [2.05, 4.69) is 10.4 Å². The van der Waals surface area contributed by atoms with Crippen LogP contribution in [0.1, 0.15) is 0 Å². The third kappa shape index (κ3) is 3.72. The topological polar surface area (TPSA) is 68.6 Å². The van der Waals surface area contributed by atoms with Gasteiger partial charge in [-0.1, -0.05) is 24.3 Å². The van der Waals surface area contributed by atoms with Crippen molar-refractivity contribution in [3.63, 3.8) is 0 Å². The Hall–Kier alpha value is -3.48. The van der Waals surface area contributed by atoms with E-state index in [0.717, 1.165) is 11.4 Å². The van der Waals surface area contributed by atoms with Gasteiger partial charge in [0.1, 0.15) is 6.61 Å². The number of ether oxygens (including phenoxy) is 2. The number of hydrogen-bond donors (Lipinski definition) is 1. The lowest BCUT2D eigenvalue weighted by atomic mass is 10.2. The number of rotatable bonds is 4. The third-order valence-electron chi connectivity index (χ3n) is 4.29. The fraction of sp³-hybridized carbons (Fsp3) is 0.200. The van der Waals surface area contributed by atoms with E-state index in [-0.39, 0.29) is 12.1 Å². The molecule has 1 atom stereocenters. The standard InChI is InChI=1S/C20H20N4O3/c1-23(13-15-14-26-18-9-4-5-10-19(18)27-15)20(25)22-16-7-2-3-8-17(16)24-12-6-11-21-24/h2-12,15H,13-14H2,1H3,(H,22,25). The summed E-state index contributed by atoms with van der Waals surface area (Å²) in [5.41, 5.74) is 1.49. The molecule has 1 aromatic heterocycles. The molecule has 0 saturated carbocycles. The minimum atomic E-state index is -0.225. The lowest BCUT2D eigenvalue weighted by molar-refractivity contribution is 0.0731. The summed E-state index contributed by atoms with van der Waals surface area (Å²) in [6.07, 6.45) is 3.31. The summed E-state index contributed by atoms with van der Waals surface area (Å²) >= 11 is 0. The first kappa shape index (κ1) is 17.0. The van der Waals surface area contributed by atoms with E-state index in [4.69, 9.17) is 9.47 Å². The monoisotopic (exact) mass is 364 g/mol. The number of para-hydroxylation sites is 4. The molecule has 1 aliphatic rings. The van der Waals surface area contributed by atoms with Gasteiger partial charge in [0, 0.05) is 19.4 Å². The predicted octanol–water partition coefficient (Wildman–Crippen LogP) is 3.18. The van der Waals surface area contributed by atoms with Gasteiger partial charge in [-0.05, 0) is 30.3 Å². The van der Waals surface area contributed by atoms with Gasteiger partial charge in [-0.25, -0.2) is 9.48 Å². The highest BCUT2D eigenvalue weighted by atomic mass is 16.6. The summed E-state index contributed by atoms with van der Waals surface area (Å²) in [5, 5.41) is 7.17. The predicted molar refractivity (Wildman–Crippen MR) is 102 cm³/mol. The molecule has 7 nitrogen and oxygen atoms in total. The number of carbonyl (C=O) groups excluding carboxylic acids is 1. The molecular weight excluding hydrogens is 344 g/mol. The molecule has 0 bridgehead atoms. The quantitative estimate of drug-likeness (QED) is 0.772. The number of amides is 2. The van der Waals surface area contributed by atoms with E-state index in [1.165, 1.54) is 0 Å². The van der Waals surface area contributed by atoms with Crippen LogP contribution in [-0.2, 0) is 0 Å². The maximum absolute atomic E-state index is 12.6. The van der Waals surface area contributed by atoms with Crippen LogP contribution in [0.15, 0.2) is 67.0 Å². The van der Waals surface area contributed by atoms with Crippen LogP contribution < -0.4 is 14.8 Å². The summed E-state index contributed by atoms with van der Waals surface area (Å²) in [5.74, 6) is 1.43. The highest BCUT2D eigenvalue weighted by Gasteiger charge is 2.24. The van der Waals surface area contributed by atoms with Crippen LogP contribution in [0.2, 0.25) is 0 Å². The Labute approximate surface area is 157 Å². The van der Waals surface area contributed by atoms with Crippen LogP contribution in [0.4, 0.5) is 10.5 Å². The number of aromatic nitrogens is 2. The van der Waals surface area contributed by atoms with Gasteiger partial charge in [0.2, 0.25) is 0 Å². The van der Waals surface area contributed by atoms with E-state index in [0.29, 0.717) is 24.6 Å². The normalized spacial score (nSPS) is 15.2. The Kier molecular flexibility index (Phi) is 4.65. The number of nitrogens with one attached hydrogen (secondary N) is 1. The van der Waals surface area contributed by atoms with E-state index in [1.54, 1.807) is 22.8 Å². The van der Waals surface area contributed by atoms with Crippen molar-refractivity contribution in [1.29, 1.82) is 0 Å². The minimum Gasteiger partial charge on any atom is -0.486 e. The molecule has 138 valence electrons. The number of fused-ring (bicyclic) bond motifs is 1. The van der Waals surface area contributed by atoms with Gasteiger partial charge in [-0.2, -0.15) is 5.10 Å². The number of urea groups is 1. The molecule has 1 N–H and O–H groups in total. The van der Waals surface area contributed by atoms with Crippen LogP contribution >= 0.6 is 0 Å². The van der Waals surface area contributed by atoms with Gasteiger partial charge in [0.05, 0.1) is 17.9 Å². The molecule has 0 radical (unpaired) electrons. The molecule has 0 saturated heterocycles. The highest BCUT2D eigenvalue weighted by molar-refractivity contribution is 5.91. The second-order valence-electron chi connectivity index (χ2n) is 6.28. The average molecular weight is 364 g/mol. The summed E-state index contributed by atoms with van der Waals surface area (Å²) in [7, 11) is 1.73. The fourth-order valence-electron chi connectivity index (χ4n) is 2.94. The summed E-state index contributed by atoms with van der Waals surface area (Å²) in [6, 6.07) is 16.7. The first-order valence-corrected chi connectivity index (χ1v) is 8.70. The molecule has 0 fully saturated rings. The average Bonchev–Trinajstić information content (AvgIpc) is 3.23. The number of benzene rings is 2. The van der Waals surface area contributed by atoms with Crippen LogP contribution in [0.3, 0.4) is 0 Å². The molecule has 4 rings (SSSR count). The lowest BCUT2D eigenvalue weighted by Gasteiger charge is -2.29. The maximum atomic E-state index is 12.6. The largest absolute Gasteiger partial charge is 0.486 e. The van der Waals surface area contributed by atoms with Gasteiger partial charge in [-0.15, -0.1) is 0 Å². The molecule has 27 heavy (non-hydrogen) atoms.